The van der Waals surface area contributed by atoms with Gasteiger partial charge in [-0.25, -0.2) is 0 Å². The van der Waals surface area contributed by atoms with Crippen molar-refractivity contribution in [3.05, 3.63) is 0 Å². The summed E-state index contributed by atoms with van der Waals surface area (Å²) < 4.78 is 5.15. The number of hydrogen-bond donors (Lipinski definition) is 3. The summed E-state index contributed by atoms with van der Waals surface area (Å²) in [5, 5.41) is 15.3. The first-order valence-electron chi connectivity index (χ1n) is 7.13. The lowest BCUT2D eigenvalue weighted by molar-refractivity contribution is 0.171. The third-order valence-electron chi connectivity index (χ3n) is 4.25. The third kappa shape index (κ3) is 5.37. The molecule has 1 fully saturated rings. The van der Waals surface area contributed by atoms with Crippen LogP contribution in [-0.4, -0.2) is 37.8 Å². The molecule has 0 atom stereocenters. The van der Waals surface area contributed by atoms with Crippen molar-refractivity contribution in [1.29, 1.82) is 0 Å². The molecule has 0 spiro atoms. The van der Waals surface area contributed by atoms with Crippen molar-refractivity contribution in [3.8, 4) is 0 Å². The predicted molar refractivity (Wildman–Crippen MR) is 77.5 cm³/mol. The van der Waals surface area contributed by atoms with Crippen molar-refractivity contribution in [2.24, 2.45) is 21.7 Å². The number of oxime groups is 1. The second-order valence-electron chi connectivity index (χ2n) is 6.39. The zero-order chi connectivity index (χ0) is 14.4. The average molecular weight is 271 g/mol. The van der Waals surface area contributed by atoms with E-state index in [1.54, 1.807) is 7.11 Å². The van der Waals surface area contributed by atoms with Crippen molar-refractivity contribution < 1.29 is 9.94 Å². The topological polar surface area (TPSA) is 79.9 Å². The Morgan fingerprint density at radius 3 is 2.68 bits per heavy atom. The summed E-state index contributed by atoms with van der Waals surface area (Å²) in [5.41, 5.74) is 5.93. The Kier molecular flexibility index (Phi) is 6.07. The van der Waals surface area contributed by atoms with Crippen molar-refractivity contribution >= 4 is 5.84 Å². The van der Waals surface area contributed by atoms with Gasteiger partial charge in [0.2, 0.25) is 0 Å². The standard InChI is InChI=1S/C14H29N3O2/c1-13(2,12(15)17-18)5-4-9-16-11-14(6-7-14)8-10-19-3/h16,18H,4-11H2,1-3H3,(H2,15,17). The Morgan fingerprint density at radius 2 is 2.16 bits per heavy atom. The van der Waals surface area contributed by atoms with Gasteiger partial charge < -0.3 is 21.0 Å². The highest BCUT2D eigenvalue weighted by atomic mass is 16.5. The van der Waals surface area contributed by atoms with E-state index in [2.05, 4.69) is 10.5 Å². The zero-order valence-electron chi connectivity index (χ0n) is 12.5. The van der Waals surface area contributed by atoms with E-state index in [-0.39, 0.29) is 5.41 Å². The van der Waals surface area contributed by atoms with Crippen LogP contribution in [0.4, 0.5) is 0 Å². The number of methoxy groups -OCH3 is 1. The van der Waals surface area contributed by atoms with Crippen LogP contribution in [-0.2, 0) is 4.74 Å². The van der Waals surface area contributed by atoms with Gasteiger partial charge in [-0.2, -0.15) is 0 Å². The molecule has 0 heterocycles. The number of nitrogens with two attached hydrogens (primary N) is 1. The van der Waals surface area contributed by atoms with Gasteiger partial charge in [-0.3, -0.25) is 0 Å². The van der Waals surface area contributed by atoms with Crippen LogP contribution in [0.1, 0.15) is 46.0 Å². The van der Waals surface area contributed by atoms with E-state index in [0.29, 0.717) is 11.3 Å². The molecule has 1 aliphatic rings. The van der Waals surface area contributed by atoms with Crippen LogP contribution in [0.25, 0.3) is 0 Å². The molecule has 0 aromatic rings. The van der Waals surface area contributed by atoms with Crippen LogP contribution < -0.4 is 11.1 Å². The summed E-state index contributed by atoms with van der Waals surface area (Å²) in [6, 6.07) is 0. The number of nitrogens with zero attached hydrogens (tertiary/aromatic N) is 1. The molecule has 0 aliphatic heterocycles. The van der Waals surface area contributed by atoms with E-state index in [0.717, 1.165) is 39.0 Å². The van der Waals surface area contributed by atoms with Crippen LogP contribution in [0, 0.1) is 10.8 Å². The van der Waals surface area contributed by atoms with Crippen molar-refractivity contribution in [1.82, 2.24) is 5.32 Å². The molecule has 1 rings (SSSR count). The van der Waals surface area contributed by atoms with Crippen molar-refractivity contribution in [3.63, 3.8) is 0 Å². The average Bonchev–Trinajstić information content (AvgIpc) is 3.15. The maximum atomic E-state index is 8.71. The molecule has 0 saturated heterocycles. The molecule has 1 aliphatic carbocycles. The van der Waals surface area contributed by atoms with Gasteiger partial charge in [0.15, 0.2) is 0 Å². The van der Waals surface area contributed by atoms with Gasteiger partial charge in [0, 0.05) is 25.7 Å². The van der Waals surface area contributed by atoms with Gasteiger partial charge in [-0.1, -0.05) is 19.0 Å². The smallest absolute Gasteiger partial charge is 0.144 e. The van der Waals surface area contributed by atoms with Crippen molar-refractivity contribution in [2.75, 3.05) is 26.8 Å². The van der Waals surface area contributed by atoms with Gasteiger partial charge in [0.25, 0.3) is 0 Å². The summed E-state index contributed by atoms with van der Waals surface area (Å²) in [4.78, 5) is 0. The van der Waals surface area contributed by atoms with Gasteiger partial charge in [0.1, 0.15) is 5.84 Å². The van der Waals surface area contributed by atoms with E-state index in [4.69, 9.17) is 15.7 Å². The van der Waals surface area contributed by atoms with Crippen LogP contribution in [0.3, 0.4) is 0 Å². The largest absolute Gasteiger partial charge is 0.409 e. The highest BCUT2D eigenvalue weighted by Crippen LogP contribution is 2.48. The molecule has 0 unspecified atom stereocenters. The van der Waals surface area contributed by atoms with Crippen molar-refractivity contribution in [2.45, 2.75) is 46.0 Å². The number of ether oxygens (including phenoxy) is 1. The fourth-order valence-corrected chi connectivity index (χ4v) is 2.28. The second-order valence-corrected chi connectivity index (χ2v) is 6.39. The first kappa shape index (κ1) is 16.2. The zero-order valence-corrected chi connectivity index (χ0v) is 12.5. The van der Waals surface area contributed by atoms with Crippen LogP contribution in [0.5, 0.6) is 0 Å². The van der Waals surface area contributed by atoms with Gasteiger partial charge in [-0.05, 0) is 44.1 Å². The Balaban J connectivity index is 2.12. The quantitative estimate of drug-likeness (QED) is 0.186. The molecule has 19 heavy (non-hydrogen) atoms. The number of nitrogens with one attached hydrogen (secondary N) is 1. The lowest BCUT2D eigenvalue weighted by atomic mass is 9.86. The monoisotopic (exact) mass is 271 g/mol. The minimum atomic E-state index is -0.232. The van der Waals surface area contributed by atoms with Crippen LogP contribution in [0.15, 0.2) is 5.16 Å². The summed E-state index contributed by atoms with van der Waals surface area (Å²) in [5.74, 6) is 0.311. The fourth-order valence-electron chi connectivity index (χ4n) is 2.28. The minimum absolute atomic E-state index is 0.232. The molecular formula is C14H29N3O2. The van der Waals surface area contributed by atoms with E-state index in [9.17, 15) is 0 Å². The predicted octanol–water partition coefficient (Wildman–Crippen LogP) is 1.95. The minimum Gasteiger partial charge on any atom is -0.409 e. The SMILES string of the molecule is COCCC1(CNCCCC(C)(C)C(N)=NO)CC1. The maximum Gasteiger partial charge on any atom is 0.144 e. The molecule has 0 aromatic heterocycles. The second kappa shape index (κ2) is 7.10. The first-order chi connectivity index (χ1) is 8.96. The molecule has 5 nitrogen and oxygen atoms in total. The lowest BCUT2D eigenvalue weighted by Crippen LogP contribution is -2.33. The highest BCUT2D eigenvalue weighted by molar-refractivity contribution is 5.85. The maximum absolute atomic E-state index is 8.71. The molecule has 0 amide bonds. The fraction of sp³-hybridized carbons (Fsp3) is 0.929. The Bertz CT molecular complexity index is 299. The molecule has 0 bridgehead atoms. The first-order valence-corrected chi connectivity index (χ1v) is 7.13. The van der Waals surface area contributed by atoms with Gasteiger partial charge in [-0.15, -0.1) is 0 Å². The van der Waals surface area contributed by atoms with E-state index in [1.807, 2.05) is 13.8 Å². The highest BCUT2D eigenvalue weighted by Gasteiger charge is 2.41. The molecule has 1 saturated carbocycles. The third-order valence-corrected chi connectivity index (χ3v) is 4.25. The number of rotatable bonds is 10. The summed E-state index contributed by atoms with van der Waals surface area (Å²) in [7, 11) is 1.76. The number of amidine groups is 1. The normalized spacial score (nSPS) is 18.6. The lowest BCUT2D eigenvalue weighted by Gasteiger charge is -2.23. The Labute approximate surface area is 116 Å². The van der Waals surface area contributed by atoms with E-state index < -0.39 is 0 Å². The van der Waals surface area contributed by atoms with Crippen LogP contribution >= 0.6 is 0 Å². The summed E-state index contributed by atoms with van der Waals surface area (Å²) >= 11 is 0. The molecule has 0 radical (unpaired) electrons. The molecule has 112 valence electrons. The molecule has 5 heteroatoms. The molecule has 0 aromatic carbocycles. The molecule has 4 N–H and O–H groups in total. The Hall–Kier alpha value is -0.810. The van der Waals surface area contributed by atoms with Gasteiger partial charge in [0.05, 0.1) is 0 Å². The van der Waals surface area contributed by atoms with E-state index >= 15 is 0 Å². The number of hydrogen-bond acceptors (Lipinski definition) is 4. The van der Waals surface area contributed by atoms with E-state index in [1.165, 1.54) is 12.8 Å². The summed E-state index contributed by atoms with van der Waals surface area (Å²) in [6.07, 6.45) is 5.74. The Morgan fingerprint density at radius 1 is 1.47 bits per heavy atom. The van der Waals surface area contributed by atoms with Gasteiger partial charge >= 0.3 is 0 Å². The molecular weight excluding hydrogens is 242 g/mol. The summed E-state index contributed by atoms with van der Waals surface area (Å²) in [6.45, 7) is 6.93. The van der Waals surface area contributed by atoms with Crippen LogP contribution in [0.2, 0.25) is 0 Å².